The first-order chi connectivity index (χ1) is 9.69. The molecular weight excluding hydrogens is 268 g/mol. The van der Waals surface area contributed by atoms with Crippen molar-refractivity contribution in [1.29, 1.82) is 0 Å². The highest BCUT2D eigenvalue weighted by Gasteiger charge is 2.30. The Morgan fingerprint density at radius 1 is 1.40 bits per heavy atom. The van der Waals surface area contributed by atoms with Crippen LogP contribution in [0.4, 0.5) is 5.13 Å². The Morgan fingerprint density at radius 3 is 2.80 bits per heavy atom. The van der Waals surface area contributed by atoms with Gasteiger partial charge in [0.15, 0.2) is 11.4 Å². The van der Waals surface area contributed by atoms with Gasteiger partial charge in [-0.15, -0.1) is 0 Å². The van der Waals surface area contributed by atoms with Crippen molar-refractivity contribution in [2.24, 2.45) is 0 Å². The predicted molar refractivity (Wildman–Crippen MR) is 82.8 cm³/mol. The van der Waals surface area contributed by atoms with Gasteiger partial charge in [0.2, 0.25) is 0 Å². The normalized spacial score (nSPS) is 14.3. The van der Waals surface area contributed by atoms with Crippen molar-refractivity contribution in [2.45, 2.75) is 32.2 Å². The van der Waals surface area contributed by atoms with Crippen molar-refractivity contribution in [2.75, 3.05) is 11.9 Å². The van der Waals surface area contributed by atoms with Crippen molar-refractivity contribution in [3.8, 4) is 0 Å². The molecule has 0 atom stereocenters. The molecule has 4 heteroatoms. The number of rotatable bonds is 5. The van der Waals surface area contributed by atoms with Crippen LogP contribution in [0.3, 0.4) is 0 Å². The maximum Gasteiger partial charge on any atom is 0.186 e. The summed E-state index contributed by atoms with van der Waals surface area (Å²) < 4.78 is 0. The molecule has 2 aromatic rings. The third-order valence-corrected chi connectivity index (χ3v) is 4.85. The SMILES string of the molecule is Cc1ccccc1CN(C)c1nc(C2CC2)c(C=O)s1. The lowest BCUT2D eigenvalue weighted by atomic mass is 10.1. The van der Waals surface area contributed by atoms with Crippen LogP contribution >= 0.6 is 11.3 Å². The minimum Gasteiger partial charge on any atom is -0.347 e. The van der Waals surface area contributed by atoms with Crippen LogP contribution in [0.5, 0.6) is 0 Å². The van der Waals surface area contributed by atoms with Gasteiger partial charge in [-0.05, 0) is 30.9 Å². The van der Waals surface area contributed by atoms with Gasteiger partial charge in [0, 0.05) is 19.5 Å². The zero-order chi connectivity index (χ0) is 14.1. The lowest BCUT2D eigenvalue weighted by Gasteiger charge is -2.17. The average Bonchev–Trinajstić information content (AvgIpc) is 3.20. The van der Waals surface area contributed by atoms with Crippen LogP contribution in [0.2, 0.25) is 0 Å². The van der Waals surface area contributed by atoms with Gasteiger partial charge >= 0.3 is 0 Å². The molecule has 0 aliphatic heterocycles. The van der Waals surface area contributed by atoms with Crippen molar-refractivity contribution >= 4 is 22.8 Å². The molecule has 0 amide bonds. The third-order valence-electron chi connectivity index (χ3n) is 3.74. The Bertz CT molecular complexity index is 631. The van der Waals surface area contributed by atoms with E-state index >= 15 is 0 Å². The number of thiazole rings is 1. The minimum atomic E-state index is 0.520. The predicted octanol–water partition coefficient (Wildman–Crippen LogP) is 3.78. The van der Waals surface area contributed by atoms with Gasteiger partial charge in [-0.25, -0.2) is 4.98 Å². The van der Waals surface area contributed by atoms with Crippen LogP contribution in [0.25, 0.3) is 0 Å². The first-order valence-electron chi connectivity index (χ1n) is 6.90. The molecule has 1 aromatic carbocycles. The summed E-state index contributed by atoms with van der Waals surface area (Å²) >= 11 is 1.51. The van der Waals surface area contributed by atoms with Crippen molar-refractivity contribution < 1.29 is 4.79 Å². The third kappa shape index (κ3) is 2.61. The lowest BCUT2D eigenvalue weighted by molar-refractivity contribution is 0.112. The molecule has 0 N–H and O–H groups in total. The summed E-state index contributed by atoms with van der Waals surface area (Å²) in [5.74, 6) is 0.520. The fraction of sp³-hybridized carbons (Fsp3) is 0.375. The number of benzene rings is 1. The number of hydrogen-bond donors (Lipinski definition) is 0. The molecule has 0 unspecified atom stereocenters. The summed E-state index contributed by atoms with van der Waals surface area (Å²) in [5.41, 5.74) is 3.59. The summed E-state index contributed by atoms with van der Waals surface area (Å²) in [7, 11) is 2.04. The smallest absolute Gasteiger partial charge is 0.186 e. The highest BCUT2D eigenvalue weighted by Crippen LogP contribution is 2.43. The summed E-state index contributed by atoms with van der Waals surface area (Å²) in [4.78, 5) is 18.8. The molecule has 104 valence electrons. The molecule has 1 saturated carbocycles. The number of aromatic nitrogens is 1. The number of hydrogen-bond acceptors (Lipinski definition) is 4. The molecule has 3 rings (SSSR count). The lowest BCUT2D eigenvalue weighted by Crippen LogP contribution is -2.16. The largest absolute Gasteiger partial charge is 0.347 e. The topological polar surface area (TPSA) is 33.2 Å². The van der Waals surface area contributed by atoms with Gasteiger partial charge in [-0.2, -0.15) is 0 Å². The molecule has 1 fully saturated rings. The first kappa shape index (κ1) is 13.3. The molecule has 1 heterocycles. The Labute approximate surface area is 123 Å². The second kappa shape index (κ2) is 5.37. The summed E-state index contributed by atoms with van der Waals surface area (Å²) in [6.45, 7) is 2.94. The quantitative estimate of drug-likeness (QED) is 0.784. The van der Waals surface area contributed by atoms with Crippen molar-refractivity contribution in [3.63, 3.8) is 0 Å². The van der Waals surface area contributed by atoms with E-state index in [2.05, 4.69) is 41.1 Å². The Hall–Kier alpha value is -1.68. The van der Waals surface area contributed by atoms with E-state index in [1.165, 1.54) is 35.3 Å². The Morgan fingerprint density at radius 2 is 2.15 bits per heavy atom. The van der Waals surface area contributed by atoms with Gasteiger partial charge in [-0.3, -0.25) is 4.79 Å². The second-order valence-electron chi connectivity index (χ2n) is 5.42. The maximum atomic E-state index is 11.2. The molecule has 0 saturated heterocycles. The fourth-order valence-corrected chi connectivity index (χ4v) is 3.27. The number of carbonyl (C=O) groups is 1. The Kier molecular flexibility index (Phi) is 3.57. The minimum absolute atomic E-state index is 0.520. The van der Waals surface area contributed by atoms with E-state index in [1.54, 1.807) is 0 Å². The van der Waals surface area contributed by atoms with Crippen molar-refractivity contribution in [1.82, 2.24) is 4.98 Å². The maximum absolute atomic E-state index is 11.2. The molecule has 0 spiro atoms. The van der Waals surface area contributed by atoms with Gasteiger partial charge in [0.05, 0.1) is 10.6 Å². The van der Waals surface area contributed by atoms with Gasteiger partial charge in [0.1, 0.15) is 0 Å². The summed E-state index contributed by atoms with van der Waals surface area (Å²) in [6.07, 6.45) is 3.30. The molecule has 1 aromatic heterocycles. The van der Waals surface area contributed by atoms with Crippen molar-refractivity contribution in [3.05, 3.63) is 46.0 Å². The molecule has 3 nitrogen and oxygen atoms in total. The van der Waals surface area contributed by atoms with E-state index in [0.717, 1.165) is 28.5 Å². The standard InChI is InChI=1S/C16H18N2OS/c1-11-5-3-4-6-13(11)9-18(2)16-17-15(12-7-8-12)14(10-19)20-16/h3-6,10,12H,7-9H2,1-2H3. The highest BCUT2D eigenvalue weighted by molar-refractivity contribution is 7.17. The average molecular weight is 286 g/mol. The number of aryl methyl sites for hydroxylation is 1. The number of anilines is 1. The zero-order valence-corrected chi connectivity index (χ0v) is 12.6. The van der Waals surface area contributed by atoms with Crippen LogP contribution < -0.4 is 4.90 Å². The molecule has 1 aliphatic rings. The molecule has 1 aliphatic carbocycles. The van der Waals surface area contributed by atoms with E-state index in [9.17, 15) is 4.79 Å². The number of nitrogens with zero attached hydrogens (tertiary/aromatic N) is 2. The van der Waals surface area contributed by atoms with Crippen LogP contribution in [0, 0.1) is 6.92 Å². The van der Waals surface area contributed by atoms with Gasteiger partial charge < -0.3 is 4.90 Å². The zero-order valence-electron chi connectivity index (χ0n) is 11.8. The molecule has 0 bridgehead atoms. The summed E-state index contributed by atoms with van der Waals surface area (Å²) in [5, 5.41) is 0.942. The Balaban J connectivity index is 1.82. The van der Waals surface area contributed by atoms with E-state index in [4.69, 9.17) is 0 Å². The number of carbonyl (C=O) groups excluding carboxylic acids is 1. The monoisotopic (exact) mass is 286 g/mol. The van der Waals surface area contributed by atoms with Gasteiger partial charge in [0.25, 0.3) is 0 Å². The van der Waals surface area contributed by atoms with E-state index < -0.39 is 0 Å². The van der Waals surface area contributed by atoms with Crippen LogP contribution in [0.1, 0.15) is 45.3 Å². The number of aldehydes is 1. The van der Waals surface area contributed by atoms with Crippen LogP contribution in [0.15, 0.2) is 24.3 Å². The van der Waals surface area contributed by atoms with Crippen LogP contribution in [-0.2, 0) is 6.54 Å². The van der Waals surface area contributed by atoms with E-state index in [0.29, 0.717) is 5.92 Å². The molecule has 0 radical (unpaired) electrons. The van der Waals surface area contributed by atoms with Gasteiger partial charge in [-0.1, -0.05) is 35.6 Å². The second-order valence-corrected chi connectivity index (χ2v) is 6.43. The summed E-state index contributed by atoms with van der Waals surface area (Å²) in [6, 6.07) is 8.38. The molecular formula is C16H18N2OS. The first-order valence-corrected chi connectivity index (χ1v) is 7.72. The molecule has 20 heavy (non-hydrogen) atoms. The highest BCUT2D eigenvalue weighted by atomic mass is 32.1. The fourth-order valence-electron chi connectivity index (χ4n) is 2.34. The van der Waals surface area contributed by atoms with Crippen LogP contribution in [-0.4, -0.2) is 18.3 Å². The van der Waals surface area contributed by atoms with E-state index in [1.807, 2.05) is 7.05 Å². The van der Waals surface area contributed by atoms with E-state index in [-0.39, 0.29) is 0 Å².